The molecule has 76 valence electrons. The molecular weight excluding hydrogens is 170 g/mol. The number of hydrogen-bond acceptors (Lipinski definition) is 3. The number of rotatable bonds is 2. The van der Waals surface area contributed by atoms with Crippen molar-refractivity contribution in [3.63, 3.8) is 0 Å². The van der Waals surface area contributed by atoms with Crippen molar-refractivity contribution in [3.8, 4) is 0 Å². The Morgan fingerprint density at radius 2 is 2.31 bits per heavy atom. The zero-order valence-corrected chi connectivity index (χ0v) is 8.16. The lowest BCUT2D eigenvalue weighted by molar-refractivity contribution is -0.162. The molecule has 0 aliphatic carbocycles. The number of aliphatic hydroxyl groups excluding tert-OH is 1. The molecule has 13 heavy (non-hydrogen) atoms. The molecule has 0 aromatic carbocycles. The number of carbonyl (C=O) groups is 1. The Morgan fingerprint density at radius 3 is 2.69 bits per heavy atom. The molecule has 1 heterocycles. The van der Waals surface area contributed by atoms with E-state index in [-0.39, 0.29) is 0 Å². The molecule has 4 nitrogen and oxygen atoms in total. The number of hydrogen-bond donors (Lipinski definition) is 2. The average molecular weight is 187 g/mol. The van der Waals surface area contributed by atoms with Crippen molar-refractivity contribution in [2.45, 2.75) is 25.9 Å². The van der Waals surface area contributed by atoms with Gasteiger partial charge in [0.15, 0.2) is 0 Å². The molecule has 0 saturated carbocycles. The Kier molecular flexibility index (Phi) is 2.93. The second kappa shape index (κ2) is 3.64. The molecule has 0 radical (unpaired) electrons. The summed E-state index contributed by atoms with van der Waals surface area (Å²) in [6, 6.07) is 0. The molecule has 1 saturated heterocycles. The van der Waals surface area contributed by atoms with Crippen LogP contribution in [0.1, 0.15) is 19.8 Å². The fraction of sp³-hybridized carbons (Fsp3) is 0.889. The van der Waals surface area contributed by atoms with Crippen LogP contribution in [0.5, 0.6) is 0 Å². The minimum atomic E-state index is -0.910. The van der Waals surface area contributed by atoms with E-state index >= 15 is 0 Å². The van der Waals surface area contributed by atoms with Crippen molar-refractivity contribution in [2.75, 3.05) is 20.1 Å². The van der Waals surface area contributed by atoms with Crippen LogP contribution >= 0.6 is 0 Å². The summed E-state index contributed by atoms with van der Waals surface area (Å²) in [5, 5.41) is 18.8. The van der Waals surface area contributed by atoms with E-state index in [0.717, 1.165) is 6.54 Å². The van der Waals surface area contributed by atoms with E-state index in [2.05, 4.69) is 0 Å². The third kappa shape index (κ3) is 1.69. The molecule has 2 unspecified atom stereocenters. The topological polar surface area (TPSA) is 60.8 Å². The van der Waals surface area contributed by atoms with Crippen molar-refractivity contribution in [1.82, 2.24) is 4.90 Å². The highest BCUT2D eigenvalue weighted by Crippen LogP contribution is 2.34. The second-order valence-corrected chi connectivity index (χ2v) is 3.84. The number of nitrogens with zero attached hydrogens (tertiary/aromatic N) is 1. The van der Waals surface area contributed by atoms with Gasteiger partial charge in [-0.05, 0) is 26.4 Å². The molecule has 1 rings (SSSR count). The Bertz CT molecular complexity index is 207. The predicted molar refractivity (Wildman–Crippen MR) is 48.5 cm³/mol. The van der Waals surface area contributed by atoms with Gasteiger partial charge < -0.3 is 15.1 Å². The van der Waals surface area contributed by atoms with Gasteiger partial charge in [0, 0.05) is 6.54 Å². The Balaban J connectivity index is 2.81. The van der Waals surface area contributed by atoms with Crippen molar-refractivity contribution in [3.05, 3.63) is 0 Å². The standard InChI is InChI=1S/C9H17NO3/c1-3-9(8(12)13)4-5-10(2)6-7(9)11/h7,11H,3-6H2,1-2H3,(H,12,13). The molecule has 4 heteroatoms. The molecule has 1 aliphatic rings. The van der Waals surface area contributed by atoms with Gasteiger partial charge in [-0.3, -0.25) is 4.79 Å². The lowest BCUT2D eigenvalue weighted by atomic mass is 9.74. The summed E-state index contributed by atoms with van der Waals surface area (Å²) in [7, 11) is 1.89. The summed E-state index contributed by atoms with van der Waals surface area (Å²) in [4.78, 5) is 13.0. The molecule has 0 spiro atoms. The number of piperidine rings is 1. The first-order valence-corrected chi connectivity index (χ1v) is 4.63. The molecule has 1 fully saturated rings. The van der Waals surface area contributed by atoms with Crippen LogP contribution in [0.3, 0.4) is 0 Å². The third-order valence-electron chi connectivity index (χ3n) is 3.12. The molecule has 2 atom stereocenters. The van der Waals surface area contributed by atoms with Crippen LogP contribution in [-0.4, -0.2) is 47.3 Å². The SMILES string of the molecule is CCC1(C(=O)O)CCN(C)CC1O. The number of carboxylic acids is 1. The Hall–Kier alpha value is -0.610. The number of carboxylic acid groups (broad SMARTS) is 1. The zero-order chi connectivity index (χ0) is 10.1. The van der Waals surface area contributed by atoms with Crippen LogP contribution in [0.4, 0.5) is 0 Å². The van der Waals surface area contributed by atoms with Gasteiger partial charge in [-0.15, -0.1) is 0 Å². The van der Waals surface area contributed by atoms with Gasteiger partial charge in [-0.1, -0.05) is 6.92 Å². The predicted octanol–water partition coefficient (Wildman–Crippen LogP) is 0.164. The molecule has 2 N–H and O–H groups in total. The number of aliphatic hydroxyl groups is 1. The van der Waals surface area contributed by atoms with E-state index in [1.54, 1.807) is 0 Å². The van der Waals surface area contributed by atoms with Crippen LogP contribution in [0.15, 0.2) is 0 Å². The van der Waals surface area contributed by atoms with Gasteiger partial charge in [-0.2, -0.15) is 0 Å². The summed E-state index contributed by atoms with van der Waals surface area (Å²) in [6.07, 6.45) is 0.294. The summed E-state index contributed by atoms with van der Waals surface area (Å²) < 4.78 is 0. The highest BCUT2D eigenvalue weighted by Gasteiger charge is 2.46. The maximum absolute atomic E-state index is 11.0. The fourth-order valence-corrected chi connectivity index (χ4v) is 1.93. The molecule has 0 aromatic rings. The molecular formula is C9H17NO3. The van der Waals surface area contributed by atoms with E-state index in [4.69, 9.17) is 5.11 Å². The Morgan fingerprint density at radius 1 is 1.69 bits per heavy atom. The van der Waals surface area contributed by atoms with Crippen LogP contribution in [0.25, 0.3) is 0 Å². The third-order valence-corrected chi connectivity index (χ3v) is 3.12. The largest absolute Gasteiger partial charge is 0.481 e. The van der Waals surface area contributed by atoms with Crippen molar-refractivity contribution in [1.29, 1.82) is 0 Å². The van der Waals surface area contributed by atoms with Gasteiger partial charge in [0.2, 0.25) is 0 Å². The quantitative estimate of drug-likeness (QED) is 0.646. The lowest BCUT2D eigenvalue weighted by Gasteiger charge is -2.40. The van der Waals surface area contributed by atoms with E-state index < -0.39 is 17.5 Å². The van der Waals surface area contributed by atoms with Crippen molar-refractivity contribution < 1.29 is 15.0 Å². The van der Waals surface area contributed by atoms with E-state index in [9.17, 15) is 9.90 Å². The van der Waals surface area contributed by atoms with E-state index in [1.807, 2.05) is 18.9 Å². The summed E-state index contributed by atoms with van der Waals surface area (Å²) in [5.74, 6) is -0.865. The molecule has 0 amide bonds. The number of likely N-dealkylation sites (N-methyl/N-ethyl adjacent to an activating group) is 1. The van der Waals surface area contributed by atoms with Gasteiger partial charge in [0.05, 0.1) is 11.5 Å². The first kappa shape index (κ1) is 10.5. The number of likely N-dealkylation sites (tertiary alicyclic amines) is 1. The summed E-state index contributed by atoms with van der Waals surface area (Å²) in [5.41, 5.74) is -0.910. The van der Waals surface area contributed by atoms with Gasteiger partial charge in [0.1, 0.15) is 0 Å². The molecule has 0 aromatic heterocycles. The minimum Gasteiger partial charge on any atom is -0.481 e. The maximum atomic E-state index is 11.0. The zero-order valence-electron chi connectivity index (χ0n) is 8.16. The lowest BCUT2D eigenvalue weighted by Crippen LogP contribution is -2.53. The number of β-amino-alcohol motifs (C(OH)–C–C–N with tert-alkyl or cyclic N) is 1. The first-order valence-electron chi connectivity index (χ1n) is 4.63. The van der Waals surface area contributed by atoms with Crippen LogP contribution in [0, 0.1) is 5.41 Å². The monoisotopic (exact) mass is 187 g/mol. The summed E-state index contributed by atoms with van der Waals surface area (Å²) in [6.45, 7) is 3.03. The fourth-order valence-electron chi connectivity index (χ4n) is 1.93. The first-order chi connectivity index (χ1) is 6.03. The minimum absolute atomic E-state index is 0.458. The van der Waals surface area contributed by atoms with E-state index in [0.29, 0.717) is 19.4 Å². The maximum Gasteiger partial charge on any atom is 0.312 e. The summed E-state index contributed by atoms with van der Waals surface area (Å²) >= 11 is 0. The molecule has 0 bridgehead atoms. The van der Waals surface area contributed by atoms with Crippen LogP contribution in [-0.2, 0) is 4.79 Å². The van der Waals surface area contributed by atoms with Crippen molar-refractivity contribution >= 4 is 5.97 Å². The molecule has 1 aliphatic heterocycles. The van der Waals surface area contributed by atoms with Crippen LogP contribution in [0.2, 0.25) is 0 Å². The highest BCUT2D eigenvalue weighted by molar-refractivity contribution is 5.75. The number of aliphatic carboxylic acids is 1. The normalized spacial score (nSPS) is 36.1. The highest BCUT2D eigenvalue weighted by atomic mass is 16.4. The van der Waals surface area contributed by atoms with E-state index in [1.165, 1.54) is 0 Å². The van der Waals surface area contributed by atoms with Gasteiger partial charge in [0.25, 0.3) is 0 Å². The van der Waals surface area contributed by atoms with Crippen LogP contribution < -0.4 is 0 Å². The second-order valence-electron chi connectivity index (χ2n) is 3.84. The van der Waals surface area contributed by atoms with Crippen molar-refractivity contribution in [2.24, 2.45) is 5.41 Å². The average Bonchev–Trinajstić information content (AvgIpc) is 2.04. The van der Waals surface area contributed by atoms with Gasteiger partial charge in [-0.25, -0.2) is 0 Å². The Labute approximate surface area is 78.2 Å². The van der Waals surface area contributed by atoms with Gasteiger partial charge >= 0.3 is 5.97 Å². The smallest absolute Gasteiger partial charge is 0.312 e.